The van der Waals surface area contributed by atoms with Crippen molar-refractivity contribution in [2.75, 3.05) is 39.5 Å². The summed E-state index contributed by atoms with van der Waals surface area (Å²) in [6, 6.07) is -0.705. The highest BCUT2D eigenvalue weighted by molar-refractivity contribution is 9.10. The molecule has 0 radical (unpaired) electrons. The number of aliphatic hydroxyl groups excluding tert-OH is 1. The number of carbonyl (C=O) groups is 17. The number of H-pyrrole nitrogens is 1. The van der Waals surface area contributed by atoms with Gasteiger partial charge in [0.05, 0.1) is 34.9 Å². The Morgan fingerprint density at radius 1 is 0.689 bits per heavy atom. The number of nitrogens with two attached hydrogens (primary N) is 4. The standard InChI is InChI=1S/C78H109BrN20O22S/c1-39(2)61(94-73(113)62(40(3)4)93-71(111)57-22-16-30-99(57)76(116)53(90-65(105)41(5)86-38-100)32-45-23-25-47(79)26-24-45)72(112)89-52(33-46-35-85-49-20-14-13-19-48(46)49)67(107)87-50(21-15-29-84-78(82)83)66(106)92-55(37-122(118,119)120)69(109)96-64-43(7)121-60(104)36-97(8)75(115)54(34-59(81)103)91-74(114)63(42(6)101)95-68(108)51(31-44-17-11-10-12-18-44)88-70(110)56(27-28-58(80)102)98(9)77(64)117/h10-14,17-20,23-26,35,38-43,50-57,61-64,85,101H,15-16,21-22,27-34,36-37H2,1-9H3,(H2,80,102)(H2,81,103)(H,86,100)(H,87,107)(H,88,110)(H,89,112)(H,90,105)(H,91,114)(H,92,106)(H,93,111)(H,94,113)(H,95,108)(H,96,109)(H4,82,83,84)(H,118,119,120)/t41-,42-,43-,50+,51-,52-,53+,54+,55-,56+,57+,61+,62-,63+,64+/m1/s1. The number of cyclic esters (lactones) is 1. The van der Waals surface area contributed by atoms with Gasteiger partial charge in [-0.25, -0.2) is 8.42 Å². The minimum Gasteiger partial charge on any atom is -0.748 e. The fourth-order valence-electron chi connectivity index (χ4n) is 13.6. The molecule has 0 bridgehead atoms. The molecule has 6 rings (SSSR count). The number of guanidine groups is 1. The third kappa shape index (κ3) is 29.6. The number of rotatable bonds is 37. The van der Waals surface area contributed by atoms with Gasteiger partial charge in [-0.2, -0.15) is 0 Å². The molecule has 666 valence electrons. The number of amides is 16. The molecule has 0 saturated carbocycles. The Hall–Kier alpha value is -12.2. The Morgan fingerprint density at radius 2 is 1.29 bits per heavy atom. The number of ether oxygens (including phenoxy) is 1. The van der Waals surface area contributed by atoms with Crippen LogP contribution in [0.4, 0.5) is 0 Å². The van der Waals surface area contributed by atoms with Gasteiger partial charge in [-0.15, -0.1) is 0 Å². The number of nitrogens with one attached hydrogen (secondary N) is 13. The van der Waals surface area contributed by atoms with Crippen LogP contribution in [0.15, 0.2) is 89.5 Å². The highest BCUT2D eigenvalue weighted by atomic mass is 79.9. The summed E-state index contributed by atoms with van der Waals surface area (Å²) in [5.74, 6) is -21.6. The molecule has 2 fully saturated rings. The van der Waals surface area contributed by atoms with Crippen LogP contribution in [-0.4, -0.2) is 275 Å². The van der Waals surface area contributed by atoms with E-state index >= 15 is 24.0 Å². The third-order valence-corrected chi connectivity index (χ3v) is 21.5. The summed E-state index contributed by atoms with van der Waals surface area (Å²) >= 11 is 3.39. The van der Waals surface area contributed by atoms with E-state index in [9.17, 15) is 75.6 Å². The van der Waals surface area contributed by atoms with E-state index < -0.39 is 245 Å². The molecule has 3 heterocycles. The number of aromatic amines is 1. The maximum absolute atomic E-state index is 15.3. The maximum Gasteiger partial charge on any atom is 0.338 e. The largest absolute Gasteiger partial charge is 0.748 e. The molecule has 0 spiro atoms. The highest BCUT2D eigenvalue weighted by Crippen LogP contribution is 2.24. The van der Waals surface area contributed by atoms with Crippen molar-refractivity contribution in [2.45, 2.75) is 203 Å². The van der Waals surface area contributed by atoms with E-state index in [2.05, 4.69) is 84.7 Å². The number of para-hydroxylation sites is 1. The van der Waals surface area contributed by atoms with Crippen LogP contribution in [0, 0.1) is 11.8 Å². The number of hydrogen-bond acceptors (Lipinski definition) is 22. The number of benzene rings is 3. The second-order valence-electron chi connectivity index (χ2n) is 30.6. The summed E-state index contributed by atoms with van der Waals surface area (Å²) in [5, 5.41) is 46.8. The number of halogens is 1. The van der Waals surface area contributed by atoms with Crippen LogP contribution in [0.25, 0.3) is 10.9 Å². The number of primary amides is 2. The highest BCUT2D eigenvalue weighted by Gasteiger charge is 2.45. The van der Waals surface area contributed by atoms with Crippen molar-refractivity contribution in [3.63, 3.8) is 0 Å². The lowest BCUT2D eigenvalue weighted by molar-refractivity contribution is -0.158. The molecular weight excluding hydrogens is 1680 g/mol. The second kappa shape index (κ2) is 46.0. The number of likely N-dealkylation sites (tertiary alicyclic amines) is 1. The molecule has 122 heavy (non-hydrogen) atoms. The molecule has 0 unspecified atom stereocenters. The number of carbonyl (C=O) groups excluding carboxylic acids is 17. The van der Waals surface area contributed by atoms with Crippen LogP contribution in [-0.2, 0) is 116 Å². The summed E-state index contributed by atoms with van der Waals surface area (Å²) in [4.78, 5) is 246. The Labute approximate surface area is 711 Å². The molecule has 2 aliphatic heterocycles. The predicted octanol–water partition coefficient (Wildman–Crippen LogP) is -7.01. The normalized spacial score (nSPS) is 20.3. The first-order valence-corrected chi connectivity index (χ1v) is 41.6. The molecule has 3 aromatic carbocycles. The lowest BCUT2D eigenvalue weighted by Gasteiger charge is -2.34. The van der Waals surface area contributed by atoms with Gasteiger partial charge < -0.3 is 104 Å². The van der Waals surface area contributed by atoms with Gasteiger partial charge in [-0.1, -0.05) is 104 Å². The summed E-state index contributed by atoms with van der Waals surface area (Å²) in [5.41, 5.74) is 18.7. The van der Waals surface area contributed by atoms with Gasteiger partial charge >= 0.3 is 11.9 Å². The molecule has 1 aromatic heterocycles. The van der Waals surface area contributed by atoms with Gasteiger partial charge in [0, 0.05) is 67.9 Å². The third-order valence-electron chi connectivity index (χ3n) is 20.3. The fraction of sp³-hybridized carbons (Fsp3) is 0.513. The van der Waals surface area contributed by atoms with Crippen LogP contribution in [0.3, 0.4) is 0 Å². The first-order valence-electron chi connectivity index (χ1n) is 39.3. The first kappa shape index (κ1) is 98.6. The zero-order valence-electron chi connectivity index (χ0n) is 68.8. The molecular formula is C78H109BrN20O22S. The average molecular weight is 1790 g/mol. The first-order chi connectivity index (χ1) is 57.4. The molecule has 16 amide bonds. The monoisotopic (exact) mass is 1790 g/mol. The number of fused-ring (bicyclic) bond motifs is 1. The Morgan fingerprint density at radius 3 is 1.90 bits per heavy atom. The van der Waals surface area contributed by atoms with Crippen LogP contribution in [0.5, 0.6) is 0 Å². The van der Waals surface area contributed by atoms with E-state index in [1.807, 2.05) is 0 Å². The summed E-state index contributed by atoms with van der Waals surface area (Å²) in [6.07, 6.45) is -5.02. The molecule has 22 N–H and O–H groups in total. The molecule has 15 atom stereocenters. The minimum atomic E-state index is -5.69. The number of aliphatic hydroxyl groups is 1. The van der Waals surface area contributed by atoms with E-state index in [0.717, 1.165) is 32.4 Å². The lowest BCUT2D eigenvalue weighted by Crippen LogP contribution is -2.63. The number of esters is 1. The molecule has 44 heteroatoms. The van der Waals surface area contributed by atoms with Gasteiger partial charge in [-0.05, 0) is 99.6 Å². The van der Waals surface area contributed by atoms with E-state index in [-0.39, 0.29) is 51.2 Å². The molecule has 2 aliphatic rings. The van der Waals surface area contributed by atoms with Crippen LogP contribution >= 0.6 is 15.9 Å². The topological polar surface area (TPSA) is 650 Å². The van der Waals surface area contributed by atoms with Crippen molar-refractivity contribution < 1.29 is 110 Å². The zero-order valence-corrected chi connectivity index (χ0v) is 71.2. The van der Waals surface area contributed by atoms with Crippen LogP contribution < -0.4 is 86.4 Å². The van der Waals surface area contributed by atoms with Gasteiger partial charge in [0.1, 0.15) is 91.2 Å². The number of nitrogens with zero attached hydrogens (tertiary/aromatic N) is 3. The van der Waals surface area contributed by atoms with E-state index in [1.54, 1.807) is 107 Å². The SMILES string of the molecule is CC(C)[C@H](NC(=O)[C@H](NC(=O)[C@@H]1CCCN1C(=O)[C@H](Cc1ccc(Br)cc1)NC(=O)[C@@H](C)NC=O)C(C)C)C(=O)N[C@H](Cc1c[nH]c2ccccc12)C(=O)N[C@@H](CCCNC(N)=[NH2+])C(=O)N[C@H](CS(=O)(=O)[O-])C(=O)N[C@@H]1C(=O)N(C)[C@@H](CCC(N)=O)C(=O)N[C@H](Cc2ccccc2)C(=O)N[C@@H]([C@@H](C)O)C(=O)N[C@@H](CC(N)=O)C(=O)N(C)CC(=O)O[C@@H]1C. The van der Waals surface area contributed by atoms with Crippen LogP contribution in [0.2, 0.25) is 0 Å². The van der Waals surface area contributed by atoms with Crippen LogP contribution in [0.1, 0.15) is 110 Å². The molecule has 2 saturated heterocycles. The van der Waals surface area contributed by atoms with Gasteiger partial charge in [0.15, 0.2) is 0 Å². The van der Waals surface area contributed by atoms with Crippen molar-refractivity contribution in [3.8, 4) is 0 Å². The number of hydrogen-bond donors (Lipinski definition) is 18. The summed E-state index contributed by atoms with van der Waals surface area (Å²) in [6.45, 7) is 8.70. The maximum atomic E-state index is 15.3. The molecule has 4 aromatic rings. The van der Waals surface area contributed by atoms with Gasteiger partial charge in [0.25, 0.3) is 0 Å². The van der Waals surface area contributed by atoms with Crippen molar-refractivity contribution in [2.24, 2.45) is 29.0 Å². The second-order valence-corrected chi connectivity index (χ2v) is 33.0. The van der Waals surface area contributed by atoms with Crippen molar-refractivity contribution >= 4 is 144 Å². The lowest BCUT2D eigenvalue weighted by atomic mass is 9.98. The average Bonchev–Trinajstić information content (AvgIpc) is 1.64. The zero-order chi connectivity index (χ0) is 90.7. The van der Waals surface area contributed by atoms with Crippen molar-refractivity contribution in [1.29, 1.82) is 0 Å². The molecule has 42 nitrogen and oxygen atoms in total. The minimum absolute atomic E-state index is 0.0115. The van der Waals surface area contributed by atoms with Crippen molar-refractivity contribution in [1.82, 2.24) is 83.5 Å². The predicted molar refractivity (Wildman–Crippen MR) is 439 cm³/mol. The van der Waals surface area contributed by atoms with Gasteiger partial charge in [0.2, 0.25) is 95.0 Å². The number of aromatic nitrogens is 1. The fourth-order valence-corrected chi connectivity index (χ4v) is 14.5. The van der Waals surface area contributed by atoms with E-state index in [1.165, 1.54) is 18.0 Å². The van der Waals surface area contributed by atoms with Gasteiger partial charge in [-0.3, -0.25) is 98.0 Å². The van der Waals surface area contributed by atoms with E-state index in [4.69, 9.17) is 27.3 Å². The summed E-state index contributed by atoms with van der Waals surface area (Å²) < 4.78 is 45.3. The number of likely N-dealkylation sites (N-methyl/N-ethyl adjacent to an activating group) is 2. The Bertz CT molecular complexity index is 4600. The summed E-state index contributed by atoms with van der Waals surface area (Å²) in [7, 11) is -3.73. The van der Waals surface area contributed by atoms with E-state index in [0.29, 0.717) is 50.2 Å². The smallest absolute Gasteiger partial charge is 0.338 e. The van der Waals surface area contributed by atoms with Crippen molar-refractivity contribution in [3.05, 3.63) is 106 Å². The Balaban J connectivity index is 1.35. The Kier molecular flexibility index (Phi) is 37.2. The molecule has 0 aliphatic carbocycles. The quantitative estimate of drug-likeness (QED) is 0.00498.